The van der Waals surface area contributed by atoms with Crippen LogP contribution in [0.4, 0.5) is 17.6 Å². The van der Waals surface area contributed by atoms with Crippen LogP contribution in [0.15, 0.2) is 12.1 Å². The van der Waals surface area contributed by atoms with Crippen molar-refractivity contribution in [2.75, 3.05) is 6.61 Å². The van der Waals surface area contributed by atoms with Gasteiger partial charge in [-0.3, -0.25) is 0 Å². The number of halogens is 5. The number of unbranched alkanes of at least 4 members (excludes halogenated alkanes) is 1. The molecule has 0 spiro atoms. The highest BCUT2D eigenvalue weighted by atomic mass is 79.9. The molecule has 0 unspecified atom stereocenters. The molecule has 0 N–H and O–H groups in total. The van der Waals surface area contributed by atoms with Crippen molar-refractivity contribution in [3.05, 3.63) is 34.9 Å². The smallest absolute Gasteiger partial charge is 0.332 e. The van der Waals surface area contributed by atoms with E-state index in [2.05, 4.69) is 22.9 Å². The minimum absolute atomic E-state index is 0.0544. The fourth-order valence-corrected chi connectivity index (χ4v) is 5.95. The molecule has 2 aliphatic rings. The van der Waals surface area contributed by atoms with Crippen molar-refractivity contribution in [3.8, 4) is 0 Å². The minimum Gasteiger partial charge on any atom is -0.379 e. The van der Waals surface area contributed by atoms with Gasteiger partial charge in [-0.15, -0.1) is 0 Å². The highest BCUT2D eigenvalue weighted by Crippen LogP contribution is 2.42. The lowest BCUT2D eigenvalue weighted by atomic mass is 9.76. The van der Waals surface area contributed by atoms with Gasteiger partial charge in [0.15, 0.2) is 0 Å². The summed E-state index contributed by atoms with van der Waals surface area (Å²) >= 11 is 2.06. The van der Waals surface area contributed by atoms with Crippen LogP contribution in [0.5, 0.6) is 0 Å². The van der Waals surface area contributed by atoms with Crippen LogP contribution >= 0.6 is 15.9 Å². The van der Waals surface area contributed by atoms with Crippen LogP contribution in [-0.4, -0.2) is 12.7 Å². The second-order valence-corrected chi connectivity index (χ2v) is 10.5. The molecule has 1 nitrogen and oxygen atoms in total. The quantitative estimate of drug-likeness (QED) is 0.184. The standard InChI is InChI=1S/C25H35BrF4O/c1-2-31-21-13-9-18(10-14-21)6-4-3-5-17-7-11-19(12-8-17)20-15-22(27)24(23(28)16-20)25(26,29)30/h15-19,21H,2-14H2,1H3. The normalized spacial score (nSPS) is 27.4. The molecule has 2 aliphatic carbocycles. The Balaban J connectivity index is 1.37. The van der Waals surface area contributed by atoms with E-state index in [9.17, 15) is 17.6 Å². The van der Waals surface area contributed by atoms with E-state index in [1.54, 1.807) is 0 Å². The van der Waals surface area contributed by atoms with Crippen LogP contribution in [-0.2, 0) is 9.57 Å². The van der Waals surface area contributed by atoms with Crippen molar-refractivity contribution in [1.29, 1.82) is 0 Å². The maximum Gasteiger partial charge on any atom is 0.332 e. The monoisotopic (exact) mass is 506 g/mol. The molecule has 0 bridgehead atoms. The molecule has 1 aromatic carbocycles. The van der Waals surface area contributed by atoms with E-state index < -0.39 is 22.0 Å². The molecule has 1 aromatic rings. The van der Waals surface area contributed by atoms with Crippen molar-refractivity contribution < 1.29 is 22.3 Å². The van der Waals surface area contributed by atoms with Crippen molar-refractivity contribution in [3.63, 3.8) is 0 Å². The Kier molecular flexibility index (Phi) is 9.27. The lowest BCUT2D eigenvalue weighted by Crippen LogP contribution is -2.21. The number of rotatable bonds is 9. The van der Waals surface area contributed by atoms with E-state index in [1.807, 2.05) is 0 Å². The zero-order chi connectivity index (χ0) is 22.4. The summed E-state index contributed by atoms with van der Waals surface area (Å²) in [6.07, 6.45) is 14.4. The minimum atomic E-state index is -3.69. The zero-order valence-electron chi connectivity index (χ0n) is 18.5. The Morgan fingerprint density at radius 2 is 1.35 bits per heavy atom. The van der Waals surface area contributed by atoms with E-state index in [0.29, 0.717) is 17.6 Å². The first-order valence-corrected chi connectivity index (χ1v) is 12.7. The molecule has 0 radical (unpaired) electrons. The van der Waals surface area contributed by atoms with Crippen LogP contribution in [0, 0.1) is 23.5 Å². The summed E-state index contributed by atoms with van der Waals surface area (Å²) < 4.78 is 60.6. The summed E-state index contributed by atoms with van der Waals surface area (Å²) in [7, 11) is 0. The van der Waals surface area contributed by atoms with Gasteiger partial charge in [0, 0.05) is 6.61 Å². The molecule has 0 aliphatic heterocycles. The average Bonchev–Trinajstić information content (AvgIpc) is 2.71. The largest absolute Gasteiger partial charge is 0.379 e. The average molecular weight is 507 g/mol. The lowest BCUT2D eigenvalue weighted by molar-refractivity contribution is 0.0245. The van der Waals surface area contributed by atoms with Gasteiger partial charge in [-0.2, -0.15) is 8.78 Å². The van der Waals surface area contributed by atoms with Crippen LogP contribution in [0.3, 0.4) is 0 Å². The molecule has 6 heteroatoms. The molecule has 2 saturated carbocycles. The van der Waals surface area contributed by atoms with Gasteiger partial charge in [-0.25, -0.2) is 8.78 Å². The van der Waals surface area contributed by atoms with Gasteiger partial charge >= 0.3 is 4.83 Å². The first-order valence-electron chi connectivity index (χ1n) is 12.0. The van der Waals surface area contributed by atoms with Gasteiger partial charge < -0.3 is 4.74 Å². The Labute approximate surface area is 192 Å². The van der Waals surface area contributed by atoms with Gasteiger partial charge in [0.05, 0.1) is 6.10 Å². The van der Waals surface area contributed by atoms with E-state index in [1.165, 1.54) is 51.4 Å². The van der Waals surface area contributed by atoms with Gasteiger partial charge in [0.25, 0.3) is 0 Å². The van der Waals surface area contributed by atoms with Gasteiger partial charge in [0.2, 0.25) is 0 Å². The Bertz CT molecular complexity index is 666. The second-order valence-electron chi connectivity index (χ2n) is 9.46. The third kappa shape index (κ3) is 7.18. The summed E-state index contributed by atoms with van der Waals surface area (Å²) in [5, 5.41) is 0. The lowest BCUT2D eigenvalue weighted by Gasteiger charge is -2.30. The summed E-state index contributed by atoms with van der Waals surface area (Å²) in [4.78, 5) is -3.69. The highest BCUT2D eigenvalue weighted by Gasteiger charge is 2.35. The zero-order valence-corrected chi connectivity index (χ0v) is 20.0. The Morgan fingerprint density at radius 1 is 0.871 bits per heavy atom. The van der Waals surface area contributed by atoms with Crippen LogP contribution in [0.1, 0.15) is 101 Å². The molecule has 0 aromatic heterocycles. The fourth-order valence-electron chi connectivity index (χ4n) is 5.57. The summed E-state index contributed by atoms with van der Waals surface area (Å²) in [6, 6.07) is 2.19. The Hall–Kier alpha value is -0.620. The number of hydrogen-bond acceptors (Lipinski definition) is 1. The molecule has 0 amide bonds. The molecule has 0 saturated heterocycles. The second kappa shape index (κ2) is 11.5. The third-order valence-corrected chi connectivity index (χ3v) is 7.73. The number of ether oxygens (including phenoxy) is 1. The molecule has 0 atom stereocenters. The molecule has 31 heavy (non-hydrogen) atoms. The molecule has 176 valence electrons. The molecule has 3 rings (SSSR count). The number of alkyl halides is 3. The maximum atomic E-state index is 14.1. The van der Waals surface area contributed by atoms with E-state index in [4.69, 9.17) is 4.74 Å². The summed E-state index contributed by atoms with van der Waals surface area (Å²) in [5.41, 5.74) is -0.687. The van der Waals surface area contributed by atoms with Crippen LogP contribution in [0.25, 0.3) is 0 Å². The third-order valence-electron chi connectivity index (χ3n) is 7.34. The van der Waals surface area contributed by atoms with Crippen molar-refractivity contribution in [1.82, 2.24) is 0 Å². The predicted molar refractivity (Wildman–Crippen MR) is 120 cm³/mol. The van der Waals surface area contributed by atoms with E-state index >= 15 is 0 Å². The number of hydrogen-bond donors (Lipinski definition) is 0. The molecule has 0 heterocycles. The summed E-state index contributed by atoms with van der Waals surface area (Å²) in [5.74, 6) is -0.764. The van der Waals surface area contributed by atoms with E-state index in [0.717, 1.165) is 50.3 Å². The van der Waals surface area contributed by atoms with Crippen molar-refractivity contribution in [2.45, 2.75) is 101 Å². The predicted octanol–water partition coefficient (Wildman–Crippen LogP) is 8.84. The van der Waals surface area contributed by atoms with Crippen LogP contribution in [0.2, 0.25) is 0 Å². The SMILES string of the molecule is CCOC1CCC(CCCCC2CCC(c3cc(F)c(C(F)(F)Br)c(F)c3)CC2)CC1. The maximum absolute atomic E-state index is 14.1. The van der Waals surface area contributed by atoms with Gasteiger partial charge in [-0.1, -0.05) is 25.7 Å². The summed E-state index contributed by atoms with van der Waals surface area (Å²) in [6.45, 7) is 2.89. The molecule has 2 fully saturated rings. The number of benzene rings is 1. The first kappa shape index (κ1) is 25.0. The van der Waals surface area contributed by atoms with Crippen molar-refractivity contribution in [2.24, 2.45) is 11.8 Å². The van der Waals surface area contributed by atoms with Crippen molar-refractivity contribution >= 4 is 15.9 Å². The van der Waals surface area contributed by atoms with Gasteiger partial charge in [0.1, 0.15) is 17.2 Å². The van der Waals surface area contributed by atoms with Gasteiger partial charge in [-0.05, 0) is 110 Å². The first-order chi connectivity index (χ1) is 14.8. The van der Waals surface area contributed by atoms with E-state index in [-0.39, 0.29) is 5.92 Å². The molecular weight excluding hydrogens is 472 g/mol. The van der Waals surface area contributed by atoms with Crippen LogP contribution < -0.4 is 0 Å². The highest BCUT2D eigenvalue weighted by molar-refractivity contribution is 9.09. The Morgan fingerprint density at radius 3 is 1.81 bits per heavy atom. The topological polar surface area (TPSA) is 9.23 Å². The fraction of sp³-hybridized carbons (Fsp3) is 0.760. The molecular formula is C25H35BrF4O.